The molecule has 1 aromatic carbocycles. The third-order valence-electron chi connectivity index (χ3n) is 5.47. The summed E-state index contributed by atoms with van der Waals surface area (Å²) < 4.78 is 38.5. The van der Waals surface area contributed by atoms with E-state index < -0.39 is 10.0 Å². The minimum atomic E-state index is -3.65. The van der Waals surface area contributed by atoms with Crippen LogP contribution in [0, 0.1) is 5.92 Å². The fourth-order valence-electron chi connectivity index (χ4n) is 3.73. The zero-order chi connectivity index (χ0) is 21.1. The molecule has 1 amide bonds. The number of nitrogens with one attached hydrogen (secondary N) is 1. The summed E-state index contributed by atoms with van der Waals surface area (Å²) >= 11 is 0. The minimum absolute atomic E-state index is 0.0652. The lowest BCUT2D eigenvalue weighted by Crippen LogP contribution is -2.43. The first-order valence-electron chi connectivity index (χ1n) is 10.1. The molecule has 8 nitrogen and oxygen atoms in total. The minimum Gasteiger partial charge on any atom is -0.486 e. The molecule has 30 heavy (non-hydrogen) atoms. The maximum absolute atomic E-state index is 13.0. The average Bonchev–Trinajstić information content (AvgIpc) is 2.79. The molecule has 0 spiro atoms. The van der Waals surface area contributed by atoms with Crippen LogP contribution >= 0.6 is 0 Å². The number of sulfonamides is 1. The molecule has 0 saturated carbocycles. The van der Waals surface area contributed by atoms with Gasteiger partial charge in [0.25, 0.3) is 0 Å². The number of piperidine rings is 1. The predicted octanol–water partition coefficient (Wildman–Crippen LogP) is 2.13. The molecule has 2 aliphatic rings. The molecule has 4 rings (SSSR count). The van der Waals surface area contributed by atoms with Gasteiger partial charge in [-0.3, -0.25) is 9.78 Å². The summed E-state index contributed by atoms with van der Waals surface area (Å²) in [7, 11) is -3.65. The molecule has 2 aromatic rings. The highest BCUT2D eigenvalue weighted by Gasteiger charge is 2.33. The van der Waals surface area contributed by atoms with E-state index in [1.807, 2.05) is 25.1 Å². The fourth-order valence-corrected chi connectivity index (χ4v) is 5.21. The number of hydrogen-bond donors (Lipinski definition) is 1. The van der Waals surface area contributed by atoms with E-state index in [4.69, 9.17) is 9.47 Å². The second-order valence-electron chi connectivity index (χ2n) is 7.47. The van der Waals surface area contributed by atoms with Gasteiger partial charge in [0.05, 0.1) is 16.6 Å². The Bertz CT molecular complexity index is 1000. The van der Waals surface area contributed by atoms with Crippen LogP contribution in [0.2, 0.25) is 0 Å². The largest absolute Gasteiger partial charge is 0.486 e. The number of pyridine rings is 1. The Morgan fingerprint density at radius 1 is 1.13 bits per heavy atom. The zero-order valence-corrected chi connectivity index (χ0v) is 17.6. The summed E-state index contributed by atoms with van der Waals surface area (Å²) in [6.07, 6.45) is 2.65. The van der Waals surface area contributed by atoms with Crippen molar-refractivity contribution in [3.05, 3.63) is 48.3 Å². The van der Waals surface area contributed by atoms with Crippen LogP contribution < -0.4 is 14.8 Å². The molecule has 1 aromatic heterocycles. The topological polar surface area (TPSA) is 97.8 Å². The molecule has 1 fully saturated rings. The van der Waals surface area contributed by atoms with Gasteiger partial charge >= 0.3 is 0 Å². The van der Waals surface area contributed by atoms with E-state index in [1.165, 1.54) is 16.4 Å². The summed E-state index contributed by atoms with van der Waals surface area (Å²) in [5.41, 5.74) is 0.796. The van der Waals surface area contributed by atoms with Gasteiger partial charge < -0.3 is 14.8 Å². The number of amides is 1. The van der Waals surface area contributed by atoms with E-state index in [0.717, 1.165) is 5.69 Å². The van der Waals surface area contributed by atoms with Gasteiger partial charge in [0.15, 0.2) is 11.5 Å². The van der Waals surface area contributed by atoms with Crippen molar-refractivity contribution >= 4 is 15.9 Å². The van der Waals surface area contributed by atoms with E-state index in [-0.39, 0.29) is 22.8 Å². The Hall–Kier alpha value is -2.65. The number of ether oxygens (including phenoxy) is 2. The summed E-state index contributed by atoms with van der Waals surface area (Å²) in [6, 6.07) is 10.1. The Morgan fingerprint density at radius 3 is 2.57 bits per heavy atom. The molecule has 0 radical (unpaired) electrons. The lowest BCUT2D eigenvalue weighted by Gasteiger charge is -2.31. The van der Waals surface area contributed by atoms with Crippen LogP contribution in [0.3, 0.4) is 0 Å². The molecular formula is C21H25N3O5S. The van der Waals surface area contributed by atoms with Gasteiger partial charge in [0, 0.05) is 31.3 Å². The second-order valence-corrected chi connectivity index (χ2v) is 9.41. The molecule has 9 heteroatoms. The quantitative estimate of drug-likeness (QED) is 0.779. The molecule has 160 valence electrons. The summed E-state index contributed by atoms with van der Waals surface area (Å²) in [6.45, 7) is 3.34. The number of nitrogens with zero attached hydrogens (tertiary/aromatic N) is 2. The molecule has 1 atom stereocenters. The van der Waals surface area contributed by atoms with Crippen molar-refractivity contribution in [2.24, 2.45) is 5.92 Å². The number of benzene rings is 1. The number of aromatic nitrogens is 1. The molecular weight excluding hydrogens is 406 g/mol. The van der Waals surface area contributed by atoms with Gasteiger partial charge in [-0.15, -0.1) is 0 Å². The molecule has 0 unspecified atom stereocenters. The van der Waals surface area contributed by atoms with Crippen LogP contribution in [0.15, 0.2) is 47.5 Å². The zero-order valence-electron chi connectivity index (χ0n) is 16.8. The van der Waals surface area contributed by atoms with Gasteiger partial charge in [-0.1, -0.05) is 6.07 Å². The fraction of sp³-hybridized carbons (Fsp3) is 0.429. The van der Waals surface area contributed by atoms with E-state index in [0.29, 0.717) is 50.6 Å². The van der Waals surface area contributed by atoms with Crippen molar-refractivity contribution in [2.45, 2.75) is 30.7 Å². The summed E-state index contributed by atoms with van der Waals surface area (Å²) in [5.74, 6) is 0.713. The molecule has 2 aliphatic heterocycles. The van der Waals surface area contributed by atoms with Crippen molar-refractivity contribution in [2.75, 3.05) is 26.3 Å². The van der Waals surface area contributed by atoms with Crippen molar-refractivity contribution in [1.82, 2.24) is 14.6 Å². The highest BCUT2D eigenvalue weighted by atomic mass is 32.2. The van der Waals surface area contributed by atoms with Crippen LogP contribution in [0.5, 0.6) is 11.5 Å². The van der Waals surface area contributed by atoms with Crippen LogP contribution in [-0.2, 0) is 14.8 Å². The lowest BCUT2D eigenvalue weighted by molar-refractivity contribution is -0.126. The predicted molar refractivity (Wildman–Crippen MR) is 110 cm³/mol. The summed E-state index contributed by atoms with van der Waals surface area (Å²) in [4.78, 5) is 17.1. The van der Waals surface area contributed by atoms with Crippen LogP contribution in [0.1, 0.15) is 31.5 Å². The molecule has 1 saturated heterocycles. The maximum atomic E-state index is 13.0. The van der Waals surface area contributed by atoms with E-state index in [9.17, 15) is 13.2 Å². The van der Waals surface area contributed by atoms with Gasteiger partial charge in [0.1, 0.15) is 13.2 Å². The molecule has 0 bridgehead atoms. The maximum Gasteiger partial charge on any atom is 0.243 e. The van der Waals surface area contributed by atoms with E-state index in [2.05, 4.69) is 10.3 Å². The van der Waals surface area contributed by atoms with E-state index in [1.54, 1.807) is 12.3 Å². The van der Waals surface area contributed by atoms with Crippen LogP contribution in [-0.4, -0.2) is 49.9 Å². The van der Waals surface area contributed by atoms with Gasteiger partial charge in [-0.05, 0) is 44.0 Å². The van der Waals surface area contributed by atoms with Gasteiger partial charge in [0.2, 0.25) is 15.9 Å². The molecule has 0 aliphatic carbocycles. The molecule has 1 N–H and O–H groups in total. The standard InChI is InChI=1S/C21H25N3O5S/c1-15(18-4-2-3-9-22-18)23-21(25)16-7-10-24(11-8-16)30(26,27)17-5-6-19-20(14-17)29-13-12-28-19/h2-6,9,14-16H,7-8,10-13H2,1H3,(H,23,25)/t15-/m1/s1. The van der Waals surface area contributed by atoms with Crippen molar-refractivity contribution in [3.63, 3.8) is 0 Å². The SMILES string of the molecule is C[C@@H](NC(=O)C1CCN(S(=O)(=O)c2ccc3c(c2)OCCO3)CC1)c1ccccn1. The third kappa shape index (κ3) is 4.27. The monoisotopic (exact) mass is 431 g/mol. The Labute approximate surface area is 176 Å². The van der Waals surface area contributed by atoms with Gasteiger partial charge in [-0.25, -0.2) is 8.42 Å². The first kappa shape index (κ1) is 20.6. The highest BCUT2D eigenvalue weighted by Crippen LogP contribution is 2.34. The van der Waals surface area contributed by atoms with Gasteiger partial charge in [-0.2, -0.15) is 4.31 Å². The number of hydrogen-bond acceptors (Lipinski definition) is 6. The third-order valence-corrected chi connectivity index (χ3v) is 7.36. The Kier molecular flexibility index (Phi) is 5.92. The Morgan fingerprint density at radius 2 is 1.87 bits per heavy atom. The van der Waals surface area contributed by atoms with Crippen LogP contribution in [0.4, 0.5) is 0 Å². The first-order valence-corrected chi connectivity index (χ1v) is 11.5. The van der Waals surface area contributed by atoms with Crippen LogP contribution in [0.25, 0.3) is 0 Å². The lowest BCUT2D eigenvalue weighted by atomic mass is 9.97. The van der Waals surface area contributed by atoms with Crippen molar-refractivity contribution in [1.29, 1.82) is 0 Å². The normalized spacial score (nSPS) is 18.6. The number of carbonyl (C=O) groups is 1. The number of rotatable bonds is 5. The van der Waals surface area contributed by atoms with Crippen molar-refractivity contribution < 1.29 is 22.7 Å². The Balaban J connectivity index is 1.37. The number of carbonyl (C=O) groups excluding carboxylic acids is 1. The highest BCUT2D eigenvalue weighted by molar-refractivity contribution is 7.89. The smallest absolute Gasteiger partial charge is 0.243 e. The second kappa shape index (κ2) is 8.61. The number of fused-ring (bicyclic) bond motifs is 1. The van der Waals surface area contributed by atoms with Crippen molar-refractivity contribution in [3.8, 4) is 11.5 Å². The average molecular weight is 432 g/mol. The molecule has 3 heterocycles. The van der Waals surface area contributed by atoms with E-state index >= 15 is 0 Å². The first-order chi connectivity index (χ1) is 14.4. The summed E-state index contributed by atoms with van der Waals surface area (Å²) in [5, 5.41) is 2.99.